The summed E-state index contributed by atoms with van der Waals surface area (Å²) in [6.07, 6.45) is 3.38. The maximum atomic E-state index is 10.8. The molecule has 1 aromatic heterocycles. The Morgan fingerprint density at radius 3 is 2.73 bits per heavy atom. The third kappa shape index (κ3) is 3.72. The highest BCUT2D eigenvalue weighted by molar-refractivity contribution is 5.30. The number of β-amino-alcohol motifs (C(OH)–C–C–N with tert-alkyl or cyclic N) is 1. The summed E-state index contributed by atoms with van der Waals surface area (Å²) in [7, 11) is 0. The largest absolute Gasteiger partial charge is 0.490 e. The number of hydrogen-bond donors (Lipinski definition) is 1. The van der Waals surface area contributed by atoms with E-state index in [1.165, 1.54) is 0 Å². The number of aromatic nitrogens is 2. The summed E-state index contributed by atoms with van der Waals surface area (Å²) in [6, 6.07) is 11.2. The van der Waals surface area contributed by atoms with Gasteiger partial charge in [0.2, 0.25) is 5.95 Å². The second-order valence-electron chi connectivity index (χ2n) is 5.35. The summed E-state index contributed by atoms with van der Waals surface area (Å²) >= 11 is 0. The van der Waals surface area contributed by atoms with Gasteiger partial charge >= 0.3 is 0 Å². The van der Waals surface area contributed by atoms with Crippen LogP contribution in [0.25, 0.3) is 0 Å². The highest BCUT2D eigenvalue weighted by atomic mass is 16.5. The molecule has 6 heteroatoms. The molecular weight excluding hydrogens is 282 g/mol. The molecule has 1 fully saturated rings. The third-order valence-electron chi connectivity index (χ3n) is 3.45. The Hall–Kier alpha value is -2.18. The highest BCUT2D eigenvalue weighted by Gasteiger charge is 2.34. The first-order valence-electron chi connectivity index (χ1n) is 7.25. The minimum atomic E-state index is -1.11. The van der Waals surface area contributed by atoms with Gasteiger partial charge in [-0.25, -0.2) is 9.97 Å². The van der Waals surface area contributed by atoms with Crippen LogP contribution in [0.1, 0.15) is 0 Å². The average molecular weight is 301 g/mol. The molecule has 2 heterocycles. The van der Waals surface area contributed by atoms with Crippen molar-refractivity contribution in [2.75, 3.05) is 37.8 Å². The van der Waals surface area contributed by atoms with Crippen molar-refractivity contribution in [1.82, 2.24) is 9.97 Å². The minimum Gasteiger partial charge on any atom is -0.490 e. The Labute approximate surface area is 129 Å². The van der Waals surface area contributed by atoms with Gasteiger partial charge in [0.15, 0.2) is 0 Å². The highest BCUT2D eigenvalue weighted by Crippen LogP contribution is 2.18. The Bertz CT molecular complexity index is 582. The van der Waals surface area contributed by atoms with Crippen molar-refractivity contribution in [2.24, 2.45) is 0 Å². The molecule has 1 aromatic carbocycles. The van der Waals surface area contributed by atoms with Gasteiger partial charge in [-0.1, -0.05) is 18.2 Å². The molecule has 1 aliphatic heterocycles. The molecule has 0 bridgehead atoms. The van der Waals surface area contributed by atoms with Gasteiger partial charge in [-0.3, -0.25) is 0 Å². The van der Waals surface area contributed by atoms with Crippen molar-refractivity contribution in [2.45, 2.75) is 5.60 Å². The number of rotatable bonds is 4. The van der Waals surface area contributed by atoms with E-state index in [0.29, 0.717) is 25.6 Å². The molecule has 1 N–H and O–H groups in total. The summed E-state index contributed by atoms with van der Waals surface area (Å²) < 4.78 is 11.2. The van der Waals surface area contributed by atoms with Crippen molar-refractivity contribution in [3.05, 3.63) is 48.8 Å². The molecule has 0 unspecified atom stereocenters. The van der Waals surface area contributed by atoms with Crippen molar-refractivity contribution >= 4 is 5.95 Å². The molecule has 6 nitrogen and oxygen atoms in total. The lowest BCUT2D eigenvalue weighted by Crippen LogP contribution is -2.49. The first-order valence-corrected chi connectivity index (χ1v) is 7.25. The number of benzene rings is 1. The van der Waals surface area contributed by atoms with Gasteiger partial charge in [-0.05, 0) is 18.2 Å². The van der Waals surface area contributed by atoms with Crippen LogP contribution in [0.5, 0.6) is 5.75 Å². The standard InChI is InChI=1S/C16H19N3O3/c20-16(13-22-14-5-2-1-3-6-14)11-19(9-10-21-12-16)15-17-7-4-8-18-15/h1-8,20H,9-13H2/t16-/m1/s1. The summed E-state index contributed by atoms with van der Waals surface area (Å²) in [5.41, 5.74) is -1.11. The Kier molecular flexibility index (Phi) is 4.50. The zero-order valence-corrected chi connectivity index (χ0v) is 12.3. The molecule has 2 aromatic rings. The molecule has 0 saturated carbocycles. The van der Waals surface area contributed by atoms with Crippen LogP contribution >= 0.6 is 0 Å². The summed E-state index contributed by atoms with van der Waals surface area (Å²) in [5.74, 6) is 1.31. The zero-order valence-electron chi connectivity index (χ0n) is 12.3. The predicted octanol–water partition coefficient (Wildman–Crippen LogP) is 1.12. The fourth-order valence-corrected chi connectivity index (χ4v) is 2.36. The van der Waals surface area contributed by atoms with Gasteiger partial charge in [0, 0.05) is 18.9 Å². The van der Waals surface area contributed by atoms with Gasteiger partial charge in [-0.15, -0.1) is 0 Å². The smallest absolute Gasteiger partial charge is 0.225 e. The van der Waals surface area contributed by atoms with Crippen LogP contribution in [-0.2, 0) is 4.74 Å². The molecule has 1 aliphatic rings. The van der Waals surface area contributed by atoms with Crippen LogP contribution in [0.4, 0.5) is 5.95 Å². The average Bonchev–Trinajstić information content (AvgIpc) is 2.77. The molecular formula is C16H19N3O3. The SMILES string of the molecule is O[C@@]1(COc2ccccc2)COCCN(c2ncccn2)C1. The van der Waals surface area contributed by atoms with Crippen molar-refractivity contribution in [3.8, 4) is 5.75 Å². The van der Waals surface area contributed by atoms with Crippen LogP contribution in [0.15, 0.2) is 48.8 Å². The lowest BCUT2D eigenvalue weighted by Gasteiger charge is -2.30. The fourth-order valence-electron chi connectivity index (χ4n) is 2.36. The first kappa shape index (κ1) is 14.7. The van der Waals surface area contributed by atoms with Crippen molar-refractivity contribution < 1.29 is 14.6 Å². The zero-order chi connectivity index (χ0) is 15.3. The van der Waals surface area contributed by atoms with Gasteiger partial charge < -0.3 is 19.5 Å². The lowest BCUT2D eigenvalue weighted by molar-refractivity contribution is -0.0537. The summed E-state index contributed by atoms with van der Waals surface area (Å²) in [4.78, 5) is 10.4. The Balaban J connectivity index is 1.68. The first-order chi connectivity index (χ1) is 10.8. The second kappa shape index (κ2) is 6.72. The van der Waals surface area contributed by atoms with Gasteiger partial charge in [0.05, 0.1) is 19.8 Å². The summed E-state index contributed by atoms with van der Waals surface area (Å²) in [5, 5.41) is 10.8. The molecule has 1 atom stereocenters. The maximum absolute atomic E-state index is 10.8. The number of hydrogen-bond acceptors (Lipinski definition) is 6. The van der Waals surface area contributed by atoms with Gasteiger partial charge in [0.25, 0.3) is 0 Å². The molecule has 0 spiro atoms. The van der Waals surface area contributed by atoms with Crippen LogP contribution in [0, 0.1) is 0 Å². The fraction of sp³-hybridized carbons (Fsp3) is 0.375. The number of ether oxygens (including phenoxy) is 2. The van der Waals surface area contributed by atoms with Gasteiger partial charge in [-0.2, -0.15) is 0 Å². The van der Waals surface area contributed by atoms with E-state index in [1.807, 2.05) is 35.2 Å². The van der Waals surface area contributed by atoms with Crippen LogP contribution in [0.2, 0.25) is 0 Å². The summed E-state index contributed by atoms with van der Waals surface area (Å²) in [6.45, 7) is 1.90. The van der Waals surface area contributed by atoms with Crippen LogP contribution in [0.3, 0.4) is 0 Å². The molecule has 0 aliphatic carbocycles. The maximum Gasteiger partial charge on any atom is 0.225 e. The second-order valence-corrected chi connectivity index (χ2v) is 5.35. The lowest BCUT2D eigenvalue weighted by atomic mass is 10.1. The molecule has 0 amide bonds. The number of nitrogens with zero attached hydrogens (tertiary/aromatic N) is 3. The van der Waals surface area contributed by atoms with E-state index < -0.39 is 5.60 Å². The third-order valence-corrected chi connectivity index (χ3v) is 3.45. The molecule has 3 rings (SSSR count). The van der Waals surface area contributed by atoms with E-state index in [2.05, 4.69) is 9.97 Å². The van der Waals surface area contributed by atoms with E-state index in [1.54, 1.807) is 18.5 Å². The number of para-hydroxylation sites is 1. The van der Waals surface area contributed by atoms with E-state index in [-0.39, 0.29) is 13.2 Å². The van der Waals surface area contributed by atoms with Gasteiger partial charge in [0.1, 0.15) is 18.0 Å². The Morgan fingerprint density at radius 2 is 1.95 bits per heavy atom. The van der Waals surface area contributed by atoms with E-state index in [4.69, 9.17) is 9.47 Å². The van der Waals surface area contributed by atoms with E-state index >= 15 is 0 Å². The van der Waals surface area contributed by atoms with Crippen LogP contribution in [-0.4, -0.2) is 53.6 Å². The monoisotopic (exact) mass is 301 g/mol. The Morgan fingerprint density at radius 1 is 1.18 bits per heavy atom. The quantitative estimate of drug-likeness (QED) is 0.913. The molecule has 1 saturated heterocycles. The normalized spacial score (nSPS) is 22.1. The van der Waals surface area contributed by atoms with E-state index in [9.17, 15) is 5.11 Å². The topological polar surface area (TPSA) is 67.7 Å². The van der Waals surface area contributed by atoms with Crippen LogP contribution < -0.4 is 9.64 Å². The number of aliphatic hydroxyl groups is 1. The predicted molar refractivity (Wildman–Crippen MR) is 82.0 cm³/mol. The number of anilines is 1. The van der Waals surface area contributed by atoms with Crippen molar-refractivity contribution in [1.29, 1.82) is 0 Å². The van der Waals surface area contributed by atoms with Crippen molar-refractivity contribution in [3.63, 3.8) is 0 Å². The minimum absolute atomic E-state index is 0.153. The molecule has 22 heavy (non-hydrogen) atoms. The molecule has 0 radical (unpaired) electrons. The van der Waals surface area contributed by atoms with E-state index in [0.717, 1.165) is 5.75 Å². The molecule has 116 valence electrons.